The topological polar surface area (TPSA) is 49.5 Å². The number of piperidine rings is 1. The number of nitrogens with two attached hydrogens (primary N) is 1. The van der Waals surface area contributed by atoms with E-state index in [2.05, 4.69) is 36.1 Å². The molecule has 17 heavy (non-hydrogen) atoms. The molecule has 1 fully saturated rings. The molecule has 1 aliphatic heterocycles. The highest BCUT2D eigenvalue weighted by atomic mass is 16.3. The molecule has 1 aromatic carbocycles. The van der Waals surface area contributed by atoms with Gasteiger partial charge in [0.05, 0.1) is 6.10 Å². The summed E-state index contributed by atoms with van der Waals surface area (Å²) in [6.45, 7) is 5.96. The van der Waals surface area contributed by atoms with Crippen LogP contribution in [0, 0.1) is 5.92 Å². The fraction of sp³-hybridized carbons (Fsp3) is 0.571. The predicted molar refractivity (Wildman–Crippen MR) is 71.0 cm³/mol. The average molecular weight is 234 g/mol. The van der Waals surface area contributed by atoms with Crippen LogP contribution in [-0.2, 0) is 0 Å². The SMILES string of the molecule is CC1CN(c2ccc([C@H](C)N)cc2)CCC1O. The number of aliphatic hydroxyl groups is 1. The highest BCUT2D eigenvalue weighted by Gasteiger charge is 2.24. The minimum absolute atomic E-state index is 0.0890. The molecule has 3 nitrogen and oxygen atoms in total. The molecular weight excluding hydrogens is 212 g/mol. The highest BCUT2D eigenvalue weighted by Crippen LogP contribution is 2.24. The molecular formula is C14H22N2O. The first-order chi connectivity index (χ1) is 8.08. The van der Waals surface area contributed by atoms with Crippen LogP contribution in [0.1, 0.15) is 31.9 Å². The molecule has 1 aliphatic rings. The van der Waals surface area contributed by atoms with E-state index in [1.807, 2.05) is 6.92 Å². The number of anilines is 1. The Labute approximate surface area is 103 Å². The minimum atomic E-state index is -0.144. The van der Waals surface area contributed by atoms with Crippen molar-refractivity contribution < 1.29 is 5.11 Å². The molecule has 0 spiro atoms. The van der Waals surface area contributed by atoms with Crippen LogP contribution in [-0.4, -0.2) is 24.3 Å². The summed E-state index contributed by atoms with van der Waals surface area (Å²) in [4.78, 5) is 2.34. The zero-order chi connectivity index (χ0) is 12.4. The summed E-state index contributed by atoms with van der Waals surface area (Å²) in [6, 6.07) is 8.53. The normalized spacial score (nSPS) is 26.9. The summed E-state index contributed by atoms with van der Waals surface area (Å²) in [7, 11) is 0. The van der Waals surface area contributed by atoms with Crippen molar-refractivity contribution in [3.05, 3.63) is 29.8 Å². The number of rotatable bonds is 2. The maximum absolute atomic E-state index is 9.72. The third kappa shape index (κ3) is 2.79. The summed E-state index contributed by atoms with van der Waals surface area (Å²) < 4.78 is 0. The van der Waals surface area contributed by atoms with Crippen molar-refractivity contribution in [1.29, 1.82) is 0 Å². The van der Waals surface area contributed by atoms with Crippen molar-refractivity contribution in [3.8, 4) is 0 Å². The molecule has 0 bridgehead atoms. The largest absolute Gasteiger partial charge is 0.393 e. The maximum Gasteiger partial charge on any atom is 0.0599 e. The second-order valence-electron chi connectivity index (χ2n) is 5.16. The minimum Gasteiger partial charge on any atom is -0.393 e. The third-order valence-electron chi connectivity index (χ3n) is 3.64. The van der Waals surface area contributed by atoms with Crippen molar-refractivity contribution in [1.82, 2.24) is 0 Å². The van der Waals surface area contributed by atoms with E-state index in [0.29, 0.717) is 5.92 Å². The van der Waals surface area contributed by atoms with E-state index in [-0.39, 0.29) is 12.1 Å². The molecule has 3 atom stereocenters. The van der Waals surface area contributed by atoms with E-state index in [1.165, 1.54) is 11.3 Å². The van der Waals surface area contributed by atoms with Gasteiger partial charge in [0.25, 0.3) is 0 Å². The number of nitrogens with zero attached hydrogens (tertiary/aromatic N) is 1. The summed E-state index contributed by atoms with van der Waals surface area (Å²) in [6.07, 6.45) is 0.713. The van der Waals surface area contributed by atoms with E-state index in [4.69, 9.17) is 5.73 Å². The fourth-order valence-corrected chi connectivity index (χ4v) is 2.36. The Hall–Kier alpha value is -1.06. The van der Waals surface area contributed by atoms with Crippen molar-refractivity contribution in [2.24, 2.45) is 11.7 Å². The summed E-state index contributed by atoms with van der Waals surface area (Å²) in [5.41, 5.74) is 8.23. The first kappa shape index (κ1) is 12.4. The second kappa shape index (κ2) is 5.07. The van der Waals surface area contributed by atoms with Gasteiger partial charge in [0, 0.05) is 24.8 Å². The first-order valence-corrected chi connectivity index (χ1v) is 6.36. The molecule has 0 amide bonds. The Kier molecular flexibility index (Phi) is 3.69. The van der Waals surface area contributed by atoms with Crippen LogP contribution >= 0.6 is 0 Å². The highest BCUT2D eigenvalue weighted by molar-refractivity contribution is 5.48. The van der Waals surface area contributed by atoms with Gasteiger partial charge in [-0.2, -0.15) is 0 Å². The van der Waals surface area contributed by atoms with Gasteiger partial charge in [-0.15, -0.1) is 0 Å². The van der Waals surface area contributed by atoms with Gasteiger partial charge in [-0.1, -0.05) is 19.1 Å². The smallest absolute Gasteiger partial charge is 0.0599 e. The zero-order valence-electron chi connectivity index (χ0n) is 10.6. The van der Waals surface area contributed by atoms with Crippen molar-refractivity contribution >= 4 is 5.69 Å². The summed E-state index contributed by atoms with van der Waals surface area (Å²) >= 11 is 0. The van der Waals surface area contributed by atoms with Crippen LogP contribution in [0.25, 0.3) is 0 Å². The molecule has 0 aromatic heterocycles. The Morgan fingerprint density at radius 1 is 1.35 bits per heavy atom. The first-order valence-electron chi connectivity index (χ1n) is 6.36. The van der Waals surface area contributed by atoms with Crippen LogP contribution in [0.3, 0.4) is 0 Å². The molecule has 0 aliphatic carbocycles. The summed E-state index contributed by atoms with van der Waals surface area (Å²) in [5, 5.41) is 9.72. The molecule has 1 saturated heterocycles. The van der Waals surface area contributed by atoms with Crippen molar-refractivity contribution in [2.75, 3.05) is 18.0 Å². The van der Waals surface area contributed by atoms with Crippen LogP contribution in [0.5, 0.6) is 0 Å². The predicted octanol–water partition coefficient (Wildman–Crippen LogP) is 1.91. The molecule has 0 radical (unpaired) electrons. The Morgan fingerprint density at radius 2 is 2.00 bits per heavy atom. The Balaban J connectivity index is 2.07. The lowest BCUT2D eigenvalue weighted by Gasteiger charge is -2.36. The van der Waals surface area contributed by atoms with Crippen LogP contribution < -0.4 is 10.6 Å². The number of aliphatic hydroxyl groups excluding tert-OH is 1. The molecule has 3 N–H and O–H groups in total. The van der Waals surface area contributed by atoms with Crippen LogP contribution in [0.15, 0.2) is 24.3 Å². The lowest BCUT2D eigenvalue weighted by molar-refractivity contribution is 0.0971. The quantitative estimate of drug-likeness (QED) is 0.822. The van der Waals surface area contributed by atoms with E-state index in [0.717, 1.165) is 19.5 Å². The average Bonchev–Trinajstić information content (AvgIpc) is 2.33. The van der Waals surface area contributed by atoms with Gasteiger partial charge >= 0.3 is 0 Å². The molecule has 94 valence electrons. The van der Waals surface area contributed by atoms with Gasteiger partial charge in [0.2, 0.25) is 0 Å². The second-order valence-corrected chi connectivity index (χ2v) is 5.16. The van der Waals surface area contributed by atoms with E-state index >= 15 is 0 Å². The molecule has 1 aromatic rings. The number of hydrogen-bond acceptors (Lipinski definition) is 3. The van der Waals surface area contributed by atoms with Crippen molar-refractivity contribution in [3.63, 3.8) is 0 Å². The molecule has 2 unspecified atom stereocenters. The van der Waals surface area contributed by atoms with Crippen molar-refractivity contribution in [2.45, 2.75) is 32.4 Å². The van der Waals surface area contributed by atoms with Gasteiger partial charge in [0.1, 0.15) is 0 Å². The number of hydrogen-bond donors (Lipinski definition) is 2. The lowest BCUT2D eigenvalue weighted by Crippen LogP contribution is -2.41. The third-order valence-corrected chi connectivity index (χ3v) is 3.64. The van der Waals surface area contributed by atoms with Gasteiger partial charge < -0.3 is 15.7 Å². The van der Waals surface area contributed by atoms with E-state index in [1.54, 1.807) is 0 Å². The van der Waals surface area contributed by atoms with Gasteiger partial charge in [-0.05, 0) is 37.0 Å². The lowest BCUT2D eigenvalue weighted by atomic mass is 9.96. The zero-order valence-corrected chi connectivity index (χ0v) is 10.6. The molecule has 2 rings (SSSR count). The molecule has 0 saturated carbocycles. The summed E-state index contributed by atoms with van der Waals surface area (Å²) in [5.74, 6) is 0.344. The van der Waals surface area contributed by atoms with Gasteiger partial charge in [-0.3, -0.25) is 0 Å². The molecule has 3 heteroatoms. The van der Waals surface area contributed by atoms with Crippen LogP contribution in [0.2, 0.25) is 0 Å². The standard InChI is InChI=1S/C14H22N2O/c1-10-9-16(8-7-14(10)17)13-5-3-12(4-6-13)11(2)15/h3-6,10-11,14,17H,7-9,15H2,1-2H3/t10?,11-,14?/m0/s1. The fourth-order valence-electron chi connectivity index (χ4n) is 2.36. The number of benzene rings is 1. The Bertz CT molecular complexity index is 361. The van der Waals surface area contributed by atoms with Gasteiger partial charge in [0.15, 0.2) is 0 Å². The van der Waals surface area contributed by atoms with E-state index in [9.17, 15) is 5.11 Å². The Morgan fingerprint density at radius 3 is 2.53 bits per heavy atom. The maximum atomic E-state index is 9.72. The van der Waals surface area contributed by atoms with E-state index < -0.39 is 0 Å². The monoisotopic (exact) mass is 234 g/mol. The molecule has 1 heterocycles. The van der Waals surface area contributed by atoms with Crippen LogP contribution in [0.4, 0.5) is 5.69 Å². The van der Waals surface area contributed by atoms with Gasteiger partial charge in [-0.25, -0.2) is 0 Å².